The second-order valence-electron chi connectivity index (χ2n) is 5.99. The van der Waals surface area contributed by atoms with Crippen LogP contribution in [-0.4, -0.2) is 30.6 Å². The molecule has 0 spiro atoms. The van der Waals surface area contributed by atoms with Gasteiger partial charge in [-0.2, -0.15) is 0 Å². The van der Waals surface area contributed by atoms with Crippen LogP contribution in [0.3, 0.4) is 0 Å². The molecule has 112 valence electrons. The van der Waals surface area contributed by atoms with Crippen molar-refractivity contribution < 1.29 is 0 Å². The number of hydrogen-bond donors (Lipinski definition) is 1. The molecule has 1 atom stereocenters. The minimum Gasteiger partial charge on any atom is -0.315 e. The normalized spacial score (nSPS) is 17.5. The summed E-state index contributed by atoms with van der Waals surface area (Å²) in [6.45, 7) is 9.21. The van der Waals surface area contributed by atoms with E-state index in [0.29, 0.717) is 6.04 Å². The Morgan fingerprint density at radius 1 is 1.15 bits per heavy atom. The van der Waals surface area contributed by atoms with Gasteiger partial charge in [-0.1, -0.05) is 44.5 Å². The number of aryl methyl sites for hydroxylation is 1. The summed E-state index contributed by atoms with van der Waals surface area (Å²) >= 11 is 0. The van der Waals surface area contributed by atoms with Crippen LogP contribution in [0.2, 0.25) is 0 Å². The smallest absolute Gasteiger partial charge is 0.0239 e. The molecule has 0 bridgehead atoms. The Kier molecular flexibility index (Phi) is 6.55. The van der Waals surface area contributed by atoms with E-state index in [1.54, 1.807) is 11.1 Å². The first-order valence-corrected chi connectivity index (χ1v) is 8.36. The van der Waals surface area contributed by atoms with Crippen LogP contribution < -0.4 is 5.32 Å². The third-order valence-electron chi connectivity index (χ3n) is 4.33. The van der Waals surface area contributed by atoms with Crippen molar-refractivity contribution in [3.63, 3.8) is 0 Å². The van der Waals surface area contributed by atoms with E-state index >= 15 is 0 Å². The van der Waals surface area contributed by atoms with E-state index in [1.807, 2.05) is 0 Å². The molecule has 0 aliphatic carbocycles. The summed E-state index contributed by atoms with van der Waals surface area (Å²) in [5.41, 5.74) is 3.10. The van der Waals surface area contributed by atoms with Gasteiger partial charge in [-0.15, -0.1) is 0 Å². The highest BCUT2D eigenvalue weighted by Gasteiger charge is 2.20. The summed E-state index contributed by atoms with van der Waals surface area (Å²) in [6.07, 6.45) is 6.34. The zero-order chi connectivity index (χ0) is 14.2. The van der Waals surface area contributed by atoms with E-state index in [2.05, 4.69) is 48.3 Å². The quantitative estimate of drug-likeness (QED) is 0.764. The van der Waals surface area contributed by atoms with E-state index in [9.17, 15) is 0 Å². The lowest BCUT2D eigenvalue weighted by molar-refractivity contribution is 0.175. The summed E-state index contributed by atoms with van der Waals surface area (Å²) in [5.74, 6) is 0. The Bertz CT molecular complexity index is 389. The third kappa shape index (κ3) is 4.32. The number of rotatable bonds is 7. The average molecular weight is 274 g/mol. The highest BCUT2D eigenvalue weighted by Crippen LogP contribution is 2.21. The maximum Gasteiger partial charge on any atom is 0.0239 e. The Morgan fingerprint density at radius 2 is 1.95 bits per heavy atom. The lowest BCUT2D eigenvalue weighted by atomic mass is 10.0. The molecule has 1 heterocycles. The van der Waals surface area contributed by atoms with Gasteiger partial charge >= 0.3 is 0 Å². The number of hydrogen-bond acceptors (Lipinski definition) is 2. The first kappa shape index (κ1) is 15.5. The Balaban J connectivity index is 2.01. The molecule has 1 unspecified atom stereocenters. The minimum atomic E-state index is 0.692. The average Bonchev–Trinajstić information content (AvgIpc) is 2.68. The number of fused-ring (bicyclic) bond motifs is 1. The Morgan fingerprint density at radius 3 is 2.70 bits per heavy atom. The molecule has 2 rings (SSSR count). The molecular weight excluding hydrogens is 244 g/mol. The first-order chi connectivity index (χ1) is 9.85. The van der Waals surface area contributed by atoms with Crippen LogP contribution in [0, 0.1) is 0 Å². The van der Waals surface area contributed by atoms with E-state index in [4.69, 9.17) is 0 Å². The maximum absolute atomic E-state index is 3.62. The van der Waals surface area contributed by atoms with Crippen molar-refractivity contribution in [2.24, 2.45) is 0 Å². The van der Waals surface area contributed by atoms with Crippen molar-refractivity contribution >= 4 is 0 Å². The zero-order valence-corrected chi connectivity index (χ0v) is 13.2. The molecule has 0 saturated carbocycles. The number of benzene rings is 1. The highest BCUT2D eigenvalue weighted by molar-refractivity contribution is 5.28. The van der Waals surface area contributed by atoms with Crippen molar-refractivity contribution in [2.45, 2.75) is 58.5 Å². The topological polar surface area (TPSA) is 15.3 Å². The summed E-state index contributed by atoms with van der Waals surface area (Å²) in [5, 5.41) is 3.62. The highest BCUT2D eigenvalue weighted by atomic mass is 15.2. The molecule has 0 radical (unpaired) electrons. The van der Waals surface area contributed by atoms with Gasteiger partial charge < -0.3 is 5.32 Å². The van der Waals surface area contributed by atoms with Gasteiger partial charge in [0.1, 0.15) is 0 Å². The SMILES string of the molecule is CCCNCC(CCC)N1CCCc2ccccc2C1. The summed E-state index contributed by atoms with van der Waals surface area (Å²) in [7, 11) is 0. The van der Waals surface area contributed by atoms with Crippen molar-refractivity contribution in [3.8, 4) is 0 Å². The Labute approximate surface area is 124 Å². The molecule has 0 saturated heterocycles. The van der Waals surface area contributed by atoms with Crippen LogP contribution in [0.1, 0.15) is 50.7 Å². The monoisotopic (exact) mass is 274 g/mol. The zero-order valence-electron chi connectivity index (χ0n) is 13.2. The molecular formula is C18H30N2. The van der Waals surface area contributed by atoms with Gasteiger partial charge in [0.2, 0.25) is 0 Å². The van der Waals surface area contributed by atoms with Gasteiger partial charge in [0, 0.05) is 19.1 Å². The van der Waals surface area contributed by atoms with E-state index in [0.717, 1.165) is 19.6 Å². The first-order valence-electron chi connectivity index (χ1n) is 8.36. The summed E-state index contributed by atoms with van der Waals surface area (Å²) < 4.78 is 0. The van der Waals surface area contributed by atoms with Crippen LogP contribution in [0.15, 0.2) is 24.3 Å². The van der Waals surface area contributed by atoms with Crippen molar-refractivity contribution in [1.29, 1.82) is 0 Å². The maximum atomic E-state index is 3.62. The summed E-state index contributed by atoms with van der Waals surface area (Å²) in [6, 6.07) is 9.68. The predicted molar refractivity (Wildman–Crippen MR) is 87.0 cm³/mol. The predicted octanol–water partition coefficient (Wildman–Crippen LogP) is 3.60. The molecule has 2 nitrogen and oxygen atoms in total. The van der Waals surface area contributed by atoms with Gasteiger partial charge in [-0.3, -0.25) is 4.90 Å². The molecule has 0 fully saturated rings. The lowest BCUT2D eigenvalue weighted by Gasteiger charge is -2.31. The molecule has 1 N–H and O–H groups in total. The summed E-state index contributed by atoms with van der Waals surface area (Å²) in [4.78, 5) is 2.71. The standard InChI is InChI=1S/C18H30N2/c1-3-8-18(14-19-12-4-2)20-13-7-11-16-9-5-6-10-17(16)15-20/h5-6,9-10,18-19H,3-4,7-8,11-15H2,1-2H3. The van der Waals surface area contributed by atoms with Crippen LogP contribution in [0.4, 0.5) is 0 Å². The van der Waals surface area contributed by atoms with E-state index in [-0.39, 0.29) is 0 Å². The van der Waals surface area contributed by atoms with Crippen molar-refractivity contribution in [1.82, 2.24) is 10.2 Å². The van der Waals surface area contributed by atoms with E-state index < -0.39 is 0 Å². The number of nitrogens with one attached hydrogen (secondary N) is 1. The molecule has 1 aromatic rings. The largest absolute Gasteiger partial charge is 0.315 e. The fraction of sp³-hybridized carbons (Fsp3) is 0.667. The van der Waals surface area contributed by atoms with E-state index in [1.165, 1.54) is 38.6 Å². The van der Waals surface area contributed by atoms with Crippen molar-refractivity contribution in [3.05, 3.63) is 35.4 Å². The van der Waals surface area contributed by atoms with Gasteiger partial charge in [-0.25, -0.2) is 0 Å². The van der Waals surface area contributed by atoms with Gasteiger partial charge in [0.05, 0.1) is 0 Å². The fourth-order valence-corrected chi connectivity index (χ4v) is 3.23. The van der Waals surface area contributed by atoms with Crippen molar-refractivity contribution in [2.75, 3.05) is 19.6 Å². The molecule has 1 aliphatic rings. The molecule has 0 amide bonds. The Hall–Kier alpha value is -0.860. The molecule has 2 heteroatoms. The minimum absolute atomic E-state index is 0.692. The lowest BCUT2D eigenvalue weighted by Crippen LogP contribution is -2.42. The van der Waals surface area contributed by atoms with Crippen LogP contribution in [0.25, 0.3) is 0 Å². The van der Waals surface area contributed by atoms with Gasteiger partial charge in [0.25, 0.3) is 0 Å². The second-order valence-corrected chi connectivity index (χ2v) is 5.99. The van der Waals surface area contributed by atoms with Gasteiger partial charge in [0.15, 0.2) is 0 Å². The van der Waals surface area contributed by atoms with Crippen LogP contribution in [-0.2, 0) is 13.0 Å². The third-order valence-corrected chi connectivity index (χ3v) is 4.33. The second kappa shape index (κ2) is 8.43. The van der Waals surface area contributed by atoms with Gasteiger partial charge in [-0.05, 0) is 49.9 Å². The molecule has 1 aliphatic heterocycles. The number of nitrogens with zero attached hydrogens (tertiary/aromatic N) is 1. The molecule has 20 heavy (non-hydrogen) atoms. The molecule has 1 aromatic carbocycles. The fourth-order valence-electron chi connectivity index (χ4n) is 3.23. The van der Waals surface area contributed by atoms with Crippen LogP contribution in [0.5, 0.6) is 0 Å². The molecule has 0 aromatic heterocycles. The van der Waals surface area contributed by atoms with Crippen LogP contribution >= 0.6 is 0 Å².